The SMILES string of the molecule is CCn1nccc1CNc1nc(C)ns1. The van der Waals surface area contributed by atoms with Crippen molar-refractivity contribution in [3.8, 4) is 0 Å². The normalized spacial score (nSPS) is 10.5. The van der Waals surface area contributed by atoms with E-state index in [0.29, 0.717) is 0 Å². The highest BCUT2D eigenvalue weighted by Crippen LogP contribution is 2.11. The molecule has 2 heterocycles. The summed E-state index contributed by atoms with van der Waals surface area (Å²) in [6.45, 7) is 5.59. The topological polar surface area (TPSA) is 55.6 Å². The van der Waals surface area contributed by atoms with E-state index in [1.807, 2.05) is 23.9 Å². The minimum absolute atomic E-state index is 0.739. The van der Waals surface area contributed by atoms with Crippen LogP contribution in [0.2, 0.25) is 0 Å². The summed E-state index contributed by atoms with van der Waals surface area (Å²) in [7, 11) is 0. The fraction of sp³-hybridized carbons (Fsp3) is 0.444. The first-order valence-corrected chi connectivity index (χ1v) is 5.62. The number of rotatable bonds is 4. The maximum Gasteiger partial charge on any atom is 0.202 e. The third-order valence-corrected chi connectivity index (χ3v) is 2.82. The van der Waals surface area contributed by atoms with E-state index in [4.69, 9.17) is 0 Å². The second kappa shape index (κ2) is 4.39. The van der Waals surface area contributed by atoms with Crippen LogP contribution in [0.25, 0.3) is 0 Å². The lowest BCUT2D eigenvalue weighted by atomic mass is 10.4. The first-order chi connectivity index (χ1) is 7.29. The summed E-state index contributed by atoms with van der Waals surface area (Å²) in [6, 6.07) is 2.00. The standard InChI is InChI=1S/C9H13N5S/c1-3-14-8(4-5-11-14)6-10-9-12-7(2)13-15-9/h4-5H,3,6H2,1-2H3,(H,10,12,13). The van der Waals surface area contributed by atoms with Gasteiger partial charge in [-0.3, -0.25) is 4.68 Å². The largest absolute Gasteiger partial charge is 0.355 e. The van der Waals surface area contributed by atoms with Crippen molar-refractivity contribution in [2.24, 2.45) is 0 Å². The smallest absolute Gasteiger partial charge is 0.202 e. The van der Waals surface area contributed by atoms with Crippen LogP contribution in [0.15, 0.2) is 12.3 Å². The quantitative estimate of drug-likeness (QED) is 0.856. The number of hydrogen-bond donors (Lipinski definition) is 1. The lowest BCUT2D eigenvalue weighted by Crippen LogP contribution is -2.07. The Morgan fingerprint density at radius 1 is 1.53 bits per heavy atom. The molecule has 0 saturated heterocycles. The Kier molecular flexibility index (Phi) is 2.96. The first kappa shape index (κ1) is 10.1. The second-order valence-corrected chi connectivity index (χ2v) is 3.89. The van der Waals surface area contributed by atoms with E-state index in [9.17, 15) is 0 Å². The Morgan fingerprint density at radius 3 is 3.07 bits per heavy atom. The molecule has 6 heteroatoms. The van der Waals surface area contributed by atoms with Crippen molar-refractivity contribution in [1.82, 2.24) is 19.1 Å². The lowest BCUT2D eigenvalue weighted by Gasteiger charge is -2.04. The summed E-state index contributed by atoms with van der Waals surface area (Å²) in [4.78, 5) is 4.23. The third kappa shape index (κ3) is 2.33. The van der Waals surface area contributed by atoms with Crippen LogP contribution in [0.4, 0.5) is 5.13 Å². The average molecular weight is 223 g/mol. The van der Waals surface area contributed by atoms with E-state index < -0.39 is 0 Å². The molecule has 0 spiro atoms. The van der Waals surface area contributed by atoms with Gasteiger partial charge in [-0.25, -0.2) is 4.98 Å². The Labute approximate surface area is 92.3 Å². The van der Waals surface area contributed by atoms with Gasteiger partial charge < -0.3 is 5.32 Å². The van der Waals surface area contributed by atoms with Crippen LogP contribution in [0.1, 0.15) is 18.4 Å². The minimum atomic E-state index is 0.739. The van der Waals surface area contributed by atoms with Gasteiger partial charge in [0.25, 0.3) is 0 Å². The molecule has 0 saturated carbocycles. The fourth-order valence-corrected chi connectivity index (χ4v) is 1.90. The molecule has 0 fully saturated rings. The Balaban J connectivity index is 1.98. The molecule has 0 unspecified atom stereocenters. The van der Waals surface area contributed by atoms with Crippen molar-refractivity contribution >= 4 is 16.7 Å². The van der Waals surface area contributed by atoms with Gasteiger partial charge in [-0.2, -0.15) is 9.47 Å². The molecule has 5 nitrogen and oxygen atoms in total. The monoisotopic (exact) mass is 223 g/mol. The van der Waals surface area contributed by atoms with Gasteiger partial charge in [-0.1, -0.05) is 0 Å². The molecule has 1 N–H and O–H groups in total. The van der Waals surface area contributed by atoms with E-state index in [1.54, 1.807) is 0 Å². The average Bonchev–Trinajstić information content (AvgIpc) is 2.83. The molecule has 0 amide bonds. The molecule has 2 aromatic heterocycles. The molecular formula is C9H13N5S. The summed E-state index contributed by atoms with van der Waals surface area (Å²) in [6.07, 6.45) is 1.81. The fourth-order valence-electron chi connectivity index (χ4n) is 1.33. The summed E-state index contributed by atoms with van der Waals surface area (Å²) in [5.74, 6) is 0.812. The van der Waals surface area contributed by atoms with E-state index in [0.717, 1.165) is 29.7 Å². The molecular weight excluding hydrogens is 210 g/mol. The predicted octanol–water partition coefficient (Wildman–Crippen LogP) is 1.68. The highest BCUT2D eigenvalue weighted by Gasteiger charge is 2.02. The number of anilines is 1. The zero-order valence-corrected chi connectivity index (χ0v) is 9.58. The van der Waals surface area contributed by atoms with Crippen LogP contribution in [0.3, 0.4) is 0 Å². The predicted molar refractivity (Wildman–Crippen MR) is 59.9 cm³/mol. The first-order valence-electron chi connectivity index (χ1n) is 4.84. The van der Waals surface area contributed by atoms with Gasteiger partial charge in [-0.05, 0) is 19.9 Å². The zero-order valence-electron chi connectivity index (χ0n) is 8.77. The molecule has 0 aliphatic rings. The Morgan fingerprint density at radius 2 is 2.40 bits per heavy atom. The Bertz CT molecular complexity index is 433. The van der Waals surface area contributed by atoms with Crippen molar-refractivity contribution in [3.05, 3.63) is 23.8 Å². The van der Waals surface area contributed by atoms with E-state index in [-0.39, 0.29) is 0 Å². The van der Waals surface area contributed by atoms with Crippen molar-refractivity contribution in [2.45, 2.75) is 26.9 Å². The van der Waals surface area contributed by atoms with Gasteiger partial charge >= 0.3 is 0 Å². The molecule has 2 rings (SSSR count). The molecule has 0 atom stereocenters. The highest BCUT2D eigenvalue weighted by atomic mass is 32.1. The van der Waals surface area contributed by atoms with Gasteiger partial charge in [0.2, 0.25) is 5.13 Å². The van der Waals surface area contributed by atoms with Crippen LogP contribution in [0, 0.1) is 6.92 Å². The van der Waals surface area contributed by atoms with Crippen LogP contribution in [-0.4, -0.2) is 19.1 Å². The summed E-state index contributed by atoms with van der Waals surface area (Å²) < 4.78 is 6.06. The summed E-state index contributed by atoms with van der Waals surface area (Å²) >= 11 is 1.38. The van der Waals surface area contributed by atoms with Crippen LogP contribution < -0.4 is 5.32 Å². The molecule has 80 valence electrons. The molecule has 0 radical (unpaired) electrons. The molecule has 0 bridgehead atoms. The zero-order chi connectivity index (χ0) is 10.7. The van der Waals surface area contributed by atoms with Gasteiger partial charge in [-0.15, -0.1) is 0 Å². The number of hydrogen-bond acceptors (Lipinski definition) is 5. The highest BCUT2D eigenvalue weighted by molar-refractivity contribution is 7.09. The lowest BCUT2D eigenvalue weighted by molar-refractivity contribution is 0.627. The molecule has 0 aromatic carbocycles. The van der Waals surface area contributed by atoms with Crippen molar-refractivity contribution in [2.75, 3.05) is 5.32 Å². The maximum absolute atomic E-state index is 4.23. The second-order valence-electron chi connectivity index (χ2n) is 3.14. The van der Waals surface area contributed by atoms with Gasteiger partial charge in [0.05, 0.1) is 12.2 Å². The summed E-state index contributed by atoms with van der Waals surface area (Å²) in [5.41, 5.74) is 1.16. The Hall–Kier alpha value is -1.43. The van der Waals surface area contributed by atoms with E-state index in [2.05, 4.69) is 26.7 Å². The molecule has 2 aromatic rings. The molecule has 15 heavy (non-hydrogen) atoms. The minimum Gasteiger partial charge on any atom is -0.355 e. The van der Waals surface area contributed by atoms with Crippen LogP contribution in [-0.2, 0) is 13.1 Å². The van der Waals surface area contributed by atoms with Crippen molar-refractivity contribution < 1.29 is 0 Å². The van der Waals surface area contributed by atoms with Crippen molar-refractivity contribution in [1.29, 1.82) is 0 Å². The van der Waals surface area contributed by atoms with E-state index in [1.165, 1.54) is 11.5 Å². The van der Waals surface area contributed by atoms with E-state index >= 15 is 0 Å². The number of nitrogens with zero attached hydrogens (tertiary/aromatic N) is 4. The van der Waals surface area contributed by atoms with Gasteiger partial charge in [0.15, 0.2) is 0 Å². The number of aryl methyl sites for hydroxylation is 2. The number of nitrogens with one attached hydrogen (secondary N) is 1. The molecule has 0 aliphatic heterocycles. The number of aromatic nitrogens is 4. The van der Waals surface area contributed by atoms with Crippen LogP contribution >= 0.6 is 11.5 Å². The molecule has 0 aliphatic carbocycles. The van der Waals surface area contributed by atoms with Crippen molar-refractivity contribution in [3.63, 3.8) is 0 Å². The summed E-state index contributed by atoms with van der Waals surface area (Å²) in [5, 5.41) is 8.28. The van der Waals surface area contributed by atoms with Gasteiger partial charge in [0.1, 0.15) is 5.82 Å². The van der Waals surface area contributed by atoms with Gasteiger partial charge in [0, 0.05) is 24.3 Å². The third-order valence-electron chi connectivity index (χ3n) is 2.05. The maximum atomic E-state index is 4.23. The van der Waals surface area contributed by atoms with Crippen LogP contribution in [0.5, 0.6) is 0 Å².